The lowest BCUT2D eigenvalue weighted by molar-refractivity contribution is 0.0948. The molecule has 0 aliphatic rings. The molecule has 0 spiro atoms. The van der Waals surface area contributed by atoms with Crippen LogP contribution in [0.25, 0.3) is 0 Å². The fourth-order valence-electron chi connectivity index (χ4n) is 0.689. The minimum atomic E-state index is -0.225. The van der Waals surface area contributed by atoms with E-state index >= 15 is 0 Å². The van der Waals surface area contributed by atoms with Crippen LogP contribution >= 0.6 is 11.5 Å². The van der Waals surface area contributed by atoms with Crippen molar-refractivity contribution in [2.45, 2.75) is 6.92 Å². The van der Waals surface area contributed by atoms with Crippen molar-refractivity contribution >= 4 is 17.4 Å². The smallest absolute Gasteiger partial charge is 0.265 e. The molecule has 1 amide bonds. The summed E-state index contributed by atoms with van der Waals surface area (Å²) in [6, 6.07) is 0. The maximum Gasteiger partial charge on any atom is 0.265 e. The highest BCUT2D eigenvalue weighted by molar-refractivity contribution is 7.07. The third-order valence-electron chi connectivity index (χ3n) is 1.26. The van der Waals surface area contributed by atoms with Gasteiger partial charge in [0.15, 0.2) is 0 Å². The maximum absolute atomic E-state index is 11.2. The molecule has 6 heteroatoms. The van der Waals surface area contributed by atoms with Crippen LogP contribution in [0, 0.1) is 6.92 Å². The van der Waals surface area contributed by atoms with Crippen molar-refractivity contribution < 1.29 is 9.90 Å². The highest BCUT2D eigenvalue weighted by Gasteiger charge is 2.11. The van der Waals surface area contributed by atoms with E-state index in [1.165, 1.54) is 0 Å². The van der Waals surface area contributed by atoms with Gasteiger partial charge in [-0.25, -0.2) is 0 Å². The molecule has 0 saturated carbocycles. The summed E-state index contributed by atoms with van der Waals surface area (Å²) in [5.41, 5.74) is 0.621. The number of aliphatic hydroxyl groups is 1. The van der Waals surface area contributed by atoms with Gasteiger partial charge in [-0.3, -0.25) is 4.79 Å². The summed E-state index contributed by atoms with van der Waals surface area (Å²) in [6.45, 7) is 1.92. The first-order chi connectivity index (χ1) is 5.75. The summed E-state index contributed by atoms with van der Waals surface area (Å²) in [5.74, 6) is -0.225. The summed E-state index contributed by atoms with van der Waals surface area (Å²) in [7, 11) is 0. The SMILES string of the molecule is Cc1nnsc1C(=O)NCCO. The van der Waals surface area contributed by atoms with E-state index in [0.717, 1.165) is 11.5 Å². The molecule has 0 bridgehead atoms. The molecule has 0 aliphatic carbocycles. The number of amides is 1. The number of hydrogen-bond acceptors (Lipinski definition) is 5. The highest BCUT2D eigenvalue weighted by atomic mass is 32.1. The summed E-state index contributed by atoms with van der Waals surface area (Å²) in [5, 5.41) is 14.6. The van der Waals surface area contributed by atoms with Crippen LogP contribution < -0.4 is 5.32 Å². The Balaban J connectivity index is 2.59. The summed E-state index contributed by atoms with van der Waals surface area (Å²) in [6.07, 6.45) is 0. The number of nitrogens with one attached hydrogen (secondary N) is 1. The van der Waals surface area contributed by atoms with E-state index in [0.29, 0.717) is 10.6 Å². The summed E-state index contributed by atoms with van der Waals surface area (Å²) in [4.78, 5) is 11.7. The zero-order valence-corrected chi connectivity index (χ0v) is 7.39. The van der Waals surface area contributed by atoms with E-state index in [-0.39, 0.29) is 19.1 Å². The van der Waals surface area contributed by atoms with E-state index in [1.54, 1.807) is 6.92 Å². The predicted octanol–water partition coefficient (Wildman–Crippen LogP) is -0.431. The second-order valence-electron chi connectivity index (χ2n) is 2.17. The summed E-state index contributed by atoms with van der Waals surface area (Å²) >= 11 is 1.05. The van der Waals surface area contributed by atoms with Crippen molar-refractivity contribution in [1.82, 2.24) is 14.9 Å². The first-order valence-corrected chi connectivity index (χ1v) is 4.21. The average Bonchev–Trinajstić information content (AvgIpc) is 2.47. The normalized spacial score (nSPS) is 9.83. The molecule has 66 valence electrons. The molecule has 0 radical (unpaired) electrons. The Kier molecular flexibility index (Phi) is 3.12. The van der Waals surface area contributed by atoms with Crippen LogP contribution in [0.1, 0.15) is 15.4 Å². The van der Waals surface area contributed by atoms with Crippen LogP contribution in [-0.2, 0) is 0 Å². The van der Waals surface area contributed by atoms with Gasteiger partial charge in [0, 0.05) is 6.54 Å². The number of nitrogens with zero attached hydrogens (tertiary/aromatic N) is 2. The van der Waals surface area contributed by atoms with Crippen LogP contribution in [0.5, 0.6) is 0 Å². The molecule has 0 fully saturated rings. The first kappa shape index (κ1) is 9.08. The maximum atomic E-state index is 11.2. The molecule has 0 aromatic carbocycles. The third-order valence-corrected chi connectivity index (χ3v) is 2.08. The van der Waals surface area contributed by atoms with Crippen LogP contribution in [0.15, 0.2) is 0 Å². The van der Waals surface area contributed by atoms with Crippen molar-refractivity contribution in [2.75, 3.05) is 13.2 Å². The van der Waals surface area contributed by atoms with Crippen molar-refractivity contribution in [2.24, 2.45) is 0 Å². The number of carbonyl (C=O) groups excluding carboxylic acids is 1. The van der Waals surface area contributed by atoms with Gasteiger partial charge in [0.1, 0.15) is 4.88 Å². The van der Waals surface area contributed by atoms with Gasteiger partial charge < -0.3 is 10.4 Å². The Hall–Kier alpha value is -1.01. The number of rotatable bonds is 3. The van der Waals surface area contributed by atoms with Gasteiger partial charge >= 0.3 is 0 Å². The lowest BCUT2D eigenvalue weighted by Crippen LogP contribution is -2.26. The number of aryl methyl sites for hydroxylation is 1. The molecule has 2 N–H and O–H groups in total. The molecule has 0 aliphatic heterocycles. The molecule has 0 saturated heterocycles. The quantitative estimate of drug-likeness (QED) is 0.673. The van der Waals surface area contributed by atoms with E-state index < -0.39 is 0 Å². The second kappa shape index (κ2) is 4.13. The zero-order chi connectivity index (χ0) is 8.97. The molecule has 0 unspecified atom stereocenters. The van der Waals surface area contributed by atoms with Gasteiger partial charge in [0.25, 0.3) is 5.91 Å². The molecule has 1 aromatic rings. The van der Waals surface area contributed by atoms with Crippen LogP contribution in [0.2, 0.25) is 0 Å². The van der Waals surface area contributed by atoms with Crippen molar-refractivity contribution in [3.8, 4) is 0 Å². The van der Waals surface area contributed by atoms with Crippen LogP contribution in [-0.4, -0.2) is 33.8 Å². The molecule has 5 nitrogen and oxygen atoms in total. The van der Waals surface area contributed by atoms with Gasteiger partial charge in [-0.15, -0.1) is 5.10 Å². The number of hydrogen-bond donors (Lipinski definition) is 2. The number of carbonyl (C=O) groups is 1. The van der Waals surface area contributed by atoms with E-state index in [1.807, 2.05) is 0 Å². The Bertz CT molecular complexity index is 274. The predicted molar refractivity (Wildman–Crippen MR) is 44.1 cm³/mol. The van der Waals surface area contributed by atoms with Gasteiger partial charge in [-0.05, 0) is 18.5 Å². The Morgan fingerprint density at radius 2 is 2.50 bits per heavy atom. The topological polar surface area (TPSA) is 75.1 Å². The minimum Gasteiger partial charge on any atom is -0.395 e. The van der Waals surface area contributed by atoms with Crippen molar-refractivity contribution in [3.63, 3.8) is 0 Å². The van der Waals surface area contributed by atoms with Gasteiger partial charge in [-0.1, -0.05) is 4.49 Å². The second-order valence-corrected chi connectivity index (χ2v) is 2.92. The molecule has 1 aromatic heterocycles. The number of aliphatic hydroxyl groups excluding tert-OH is 1. The monoisotopic (exact) mass is 187 g/mol. The third kappa shape index (κ3) is 1.99. The lowest BCUT2D eigenvalue weighted by Gasteiger charge is -1.98. The van der Waals surface area contributed by atoms with E-state index in [9.17, 15) is 4.79 Å². The Labute approximate surface area is 73.6 Å². The largest absolute Gasteiger partial charge is 0.395 e. The Morgan fingerprint density at radius 1 is 1.75 bits per heavy atom. The van der Waals surface area contributed by atoms with Gasteiger partial charge in [0.2, 0.25) is 0 Å². The molecular formula is C6H9N3O2S. The molecular weight excluding hydrogens is 178 g/mol. The van der Waals surface area contributed by atoms with Gasteiger partial charge in [-0.2, -0.15) is 0 Å². The standard InChI is InChI=1S/C6H9N3O2S/c1-4-5(12-9-8-4)6(11)7-2-3-10/h10H,2-3H2,1H3,(H,7,11). The van der Waals surface area contributed by atoms with Crippen LogP contribution in [0.3, 0.4) is 0 Å². The van der Waals surface area contributed by atoms with Crippen molar-refractivity contribution in [1.29, 1.82) is 0 Å². The Morgan fingerprint density at radius 3 is 3.00 bits per heavy atom. The molecule has 12 heavy (non-hydrogen) atoms. The van der Waals surface area contributed by atoms with Crippen LogP contribution in [0.4, 0.5) is 0 Å². The van der Waals surface area contributed by atoms with E-state index in [2.05, 4.69) is 14.9 Å². The van der Waals surface area contributed by atoms with E-state index in [4.69, 9.17) is 5.11 Å². The van der Waals surface area contributed by atoms with Gasteiger partial charge in [0.05, 0.1) is 12.3 Å². The first-order valence-electron chi connectivity index (χ1n) is 3.43. The molecule has 1 heterocycles. The summed E-state index contributed by atoms with van der Waals surface area (Å²) < 4.78 is 3.62. The molecule has 1 rings (SSSR count). The molecule has 0 atom stereocenters. The average molecular weight is 187 g/mol. The highest BCUT2D eigenvalue weighted by Crippen LogP contribution is 2.07. The zero-order valence-electron chi connectivity index (χ0n) is 6.57. The fourth-order valence-corrected chi connectivity index (χ4v) is 1.26. The minimum absolute atomic E-state index is 0.0585. The lowest BCUT2D eigenvalue weighted by atomic mass is 10.4. The van der Waals surface area contributed by atoms with Crippen molar-refractivity contribution in [3.05, 3.63) is 10.6 Å². The fraction of sp³-hybridized carbons (Fsp3) is 0.500. The number of aromatic nitrogens is 2.